The summed E-state index contributed by atoms with van der Waals surface area (Å²) in [5.41, 5.74) is 3.24. The van der Waals surface area contributed by atoms with Gasteiger partial charge in [0.05, 0.1) is 36.8 Å². The van der Waals surface area contributed by atoms with Gasteiger partial charge in [0.1, 0.15) is 5.75 Å². The molecule has 246 valence electrons. The van der Waals surface area contributed by atoms with Gasteiger partial charge in [-0.25, -0.2) is 0 Å². The van der Waals surface area contributed by atoms with Crippen LogP contribution in [0.15, 0.2) is 76.6 Å². The highest BCUT2D eigenvalue weighted by atomic mass is 32.2. The zero-order valence-corrected chi connectivity index (χ0v) is 28.1. The molecule has 2 aliphatic carbocycles. The number of carbonyl (C=O) groups is 3. The van der Waals surface area contributed by atoms with Gasteiger partial charge in [0.25, 0.3) is 5.91 Å². The number of ether oxygens (including phenoxy) is 3. The molecule has 4 aliphatic rings. The summed E-state index contributed by atoms with van der Waals surface area (Å²) in [6, 6.07) is 20.2. The first-order valence-corrected chi connectivity index (χ1v) is 17.5. The van der Waals surface area contributed by atoms with Gasteiger partial charge in [0.2, 0.25) is 11.8 Å². The van der Waals surface area contributed by atoms with E-state index in [1.165, 1.54) is 16.2 Å². The number of anilines is 2. The van der Waals surface area contributed by atoms with Gasteiger partial charge < -0.3 is 24.5 Å². The van der Waals surface area contributed by atoms with Crippen LogP contribution in [0.3, 0.4) is 0 Å². The number of nitrogens with one attached hydrogen (secondary N) is 2. The second-order valence-corrected chi connectivity index (χ2v) is 15.0. The number of benzene rings is 3. The Balaban J connectivity index is 1.07. The fraction of sp³-hybridized carbons (Fsp3) is 0.333. The summed E-state index contributed by atoms with van der Waals surface area (Å²) in [7, 11) is 3.13. The van der Waals surface area contributed by atoms with Gasteiger partial charge in [-0.2, -0.15) is 0 Å². The molecule has 7 atom stereocenters. The minimum Gasteiger partial charge on any atom is -0.497 e. The molecule has 3 amide bonds. The number of aryl methyl sites for hydroxylation is 1. The van der Waals surface area contributed by atoms with Crippen LogP contribution in [0.5, 0.6) is 17.2 Å². The van der Waals surface area contributed by atoms with Gasteiger partial charge in [-0.15, -0.1) is 11.8 Å². The number of methoxy groups -OCH3 is 2. The Morgan fingerprint density at radius 1 is 0.917 bits per heavy atom. The van der Waals surface area contributed by atoms with Crippen LogP contribution < -0.4 is 29.3 Å². The number of thiazole rings is 1. The molecule has 4 aromatic rings. The predicted molar refractivity (Wildman–Crippen MR) is 182 cm³/mol. The SMILES string of the molecule is COc1ccc(NC(=O)COc2ccc([C@H]3c4sc(=O)[nH]c4SC4C3[C@H]3C[C@@H]4C4C(=O)N(c5ccc(C)cc5)C(=O)C43)cc2OC)cc1. The van der Waals surface area contributed by atoms with E-state index in [0.29, 0.717) is 28.6 Å². The van der Waals surface area contributed by atoms with Crippen LogP contribution in [0, 0.1) is 36.5 Å². The molecule has 3 aromatic carbocycles. The fourth-order valence-corrected chi connectivity index (χ4v) is 11.2. The molecule has 0 spiro atoms. The molecule has 2 aliphatic heterocycles. The number of rotatable bonds is 8. The van der Waals surface area contributed by atoms with Crippen molar-refractivity contribution in [2.24, 2.45) is 29.6 Å². The van der Waals surface area contributed by atoms with E-state index < -0.39 is 0 Å². The van der Waals surface area contributed by atoms with Crippen molar-refractivity contribution in [3.63, 3.8) is 0 Å². The molecule has 3 fully saturated rings. The van der Waals surface area contributed by atoms with E-state index in [4.69, 9.17) is 14.2 Å². The Morgan fingerprint density at radius 3 is 2.35 bits per heavy atom. The molecule has 0 radical (unpaired) electrons. The van der Waals surface area contributed by atoms with Crippen LogP contribution in [0.1, 0.15) is 28.3 Å². The van der Waals surface area contributed by atoms with Crippen molar-refractivity contribution in [1.82, 2.24) is 4.98 Å². The molecule has 8 rings (SSSR count). The van der Waals surface area contributed by atoms with Crippen LogP contribution in [0.25, 0.3) is 0 Å². The number of hydrogen-bond donors (Lipinski definition) is 2. The molecule has 2 N–H and O–H groups in total. The third kappa shape index (κ3) is 4.92. The summed E-state index contributed by atoms with van der Waals surface area (Å²) < 4.78 is 16.8. The molecule has 12 heteroatoms. The average molecular weight is 684 g/mol. The lowest BCUT2D eigenvalue weighted by Crippen LogP contribution is -2.42. The van der Waals surface area contributed by atoms with Gasteiger partial charge in [0, 0.05) is 21.7 Å². The quantitative estimate of drug-likeness (QED) is 0.235. The van der Waals surface area contributed by atoms with Gasteiger partial charge >= 0.3 is 4.87 Å². The van der Waals surface area contributed by atoms with Crippen LogP contribution in [0.4, 0.5) is 11.4 Å². The van der Waals surface area contributed by atoms with Crippen molar-refractivity contribution in [1.29, 1.82) is 0 Å². The van der Waals surface area contributed by atoms with Crippen LogP contribution >= 0.6 is 23.1 Å². The summed E-state index contributed by atoms with van der Waals surface area (Å²) >= 11 is 2.86. The minimum atomic E-state index is -0.390. The number of thioether (sulfide) groups is 1. The summed E-state index contributed by atoms with van der Waals surface area (Å²) in [6.45, 7) is 1.75. The number of aromatic amines is 1. The highest BCUT2D eigenvalue weighted by Crippen LogP contribution is 2.68. The maximum Gasteiger partial charge on any atom is 0.305 e. The molecular weight excluding hydrogens is 651 g/mol. The van der Waals surface area contributed by atoms with E-state index in [1.54, 1.807) is 56.3 Å². The van der Waals surface area contributed by atoms with Gasteiger partial charge in [-0.3, -0.25) is 24.1 Å². The van der Waals surface area contributed by atoms with Crippen molar-refractivity contribution < 1.29 is 28.6 Å². The van der Waals surface area contributed by atoms with Crippen LogP contribution in [-0.2, 0) is 14.4 Å². The maximum atomic E-state index is 14.0. The van der Waals surface area contributed by atoms with Gasteiger partial charge in [-0.1, -0.05) is 35.1 Å². The monoisotopic (exact) mass is 683 g/mol. The lowest BCUT2D eigenvalue weighted by Gasteiger charge is -2.43. The molecule has 4 unspecified atom stereocenters. The minimum absolute atomic E-state index is 0.0108. The highest BCUT2D eigenvalue weighted by Gasteiger charge is 2.69. The number of amides is 3. The summed E-state index contributed by atoms with van der Waals surface area (Å²) in [5, 5.41) is 3.71. The third-order valence-electron chi connectivity index (χ3n) is 10.3. The molecule has 1 saturated heterocycles. The molecule has 48 heavy (non-hydrogen) atoms. The Labute approximate surface area is 284 Å². The van der Waals surface area contributed by atoms with Crippen molar-refractivity contribution in [2.75, 3.05) is 31.0 Å². The zero-order valence-electron chi connectivity index (χ0n) is 26.4. The Morgan fingerprint density at radius 2 is 1.65 bits per heavy atom. The van der Waals surface area contributed by atoms with E-state index in [9.17, 15) is 19.2 Å². The second-order valence-electron chi connectivity index (χ2n) is 12.8. The van der Waals surface area contributed by atoms with E-state index in [0.717, 1.165) is 27.5 Å². The van der Waals surface area contributed by atoms with Gasteiger partial charge in [-0.05, 0) is 85.2 Å². The van der Waals surface area contributed by atoms with Crippen LogP contribution in [0.2, 0.25) is 0 Å². The topological polar surface area (TPSA) is 127 Å². The zero-order chi connectivity index (χ0) is 33.3. The normalized spacial score (nSPS) is 26.6. The Bertz CT molecular complexity index is 1990. The summed E-state index contributed by atoms with van der Waals surface area (Å²) in [6.07, 6.45) is 0.800. The number of aromatic nitrogens is 1. The maximum absolute atomic E-state index is 14.0. The van der Waals surface area contributed by atoms with Crippen molar-refractivity contribution >= 4 is 52.2 Å². The van der Waals surface area contributed by atoms with E-state index in [-0.39, 0.29) is 70.0 Å². The lowest BCUT2D eigenvalue weighted by molar-refractivity contribution is -0.123. The molecule has 10 nitrogen and oxygen atoms in total. The average Bonchev–Trinajstić information content (AvgIpc) is 3.83. The standard InChI is InChI=1S/C36H33N3O7S2/c1-17-4-9-20(10-5-17)39-34(41)29-22-15-23(30(29)35(39)42)31-28(22)27(32-33(47-31)38-36(43)48-32)18-6-13-24(25(14-18)45-3)46-16-26(40)37-19-7-11-21(44-2)12-8-19/h4-14,22-23,27-31H,15-16H2,1-3H3,(H,37,40)(H,38,43)/t22-,23-,27-,28?,29?,30?,31?/m1/s1. The van der Waals surface area contributed by atoms with Crippen molar-refractivity contribution in [3.05, 3.63) is 92.4 Å². The Hall–Kier alpha value is -4.55. The molecule has 2 saturated carbocycles. The first-order valence-electron chi connectivity index (χ1n) is 15.8. The lowest BCUT2D eigenvalue weighted by atomic mass is 9.68. The number of hydrogen-bond acceptors (Lipinski definition) is 9. The third-order valence-corrected chi connectivity index (χ3v) is 12.9. The number of imide groups is 1. The van der Waals surface area contributed by atoms with E-state index in [1.807, 2.05) is 43.3 Å². The highest BCUT2D eigenvalue weighted by molar-refractivity contribution is 8.00. The summed E-state index contributed by atoms with van der Waals surface area (Å²) in [4.78, 5) is 58.5. The number of carbonyl (C=O) groups excluding carboxylic acids is 3. The van der Waals surface area contributed by atoms with Crippen LogP contribution in [-0.4, -0.2) is 48.8 Å². The second kappa shape index (κ2) is 11.9. The molecule has 1 aromatic heterocycles. The first-order chi connectivity index (χ1) is 23.2. The van der Waals surface area contributed by atoms with Crippen molar-refractivity contribution in [2.45, 2.75) is 29.5 Å². The smallest absolute Gasteiger partial charge is 0.305 e. The van der Waals surface area contributed by atoms with Gasteiger partial charge in [0.15, 0.2) is 18.1 Å². The van der Waals surface area contributed by atoms with E-state index >= 15 is 0 Å². The fourth-order valence-electron chi connectivity index (χ4n) is 8.35. The molecule has 2 bridgehead atoms. The molecular formula is C36H33N3O7S2. The number of fused-ring (bicyclic) bond motifs is 9. The van der Waals surface area contributed by atoms with Crippen molar-refractivity contribution in [3.8, 4) is 17.2 Å². The summed E-state index contributed by atoms with van der Waals surface area (Å²) in [5.74, 6) is 0.130. The number of H-pyrrole nitrogens is 1. The van der Waals surface area contributed by atoms with E-state index in [2.05, 4.69) is 10.3 Å². The predicted octanol–water partition coefficient (Wildman–Crippen LogP) is 5.46. The largest absolute Gasteiger partial charge is 0.497 e. The first kappa shape index (κ1) is 30.8. The Kier molecular flexibility index (Phi) is 7.59. The number of nitrogens with zero attached hydrogens (tertiary/aromatic N) is 1. The molecule has 3 heterocycles.